The summed E-state index contributed by atoms with van der Waals surface area (Å²) < 4.78 is 0. The van der Waals surface area contributed by atoms with Crippen LogP contribution in [-0.2, 0) is 4.79 Å². The van der Waals surface area contributed by atoms with Gasteiger partial charge >= 0.3 is 0 Å². The molecule has 2 saturated carbocycles. The predicted molar refractivity (Wildman–Crippen MR) is 141 cm³/mol. The molecule has 2 aromatic heterocycles. The Morgan fingerprint density at radius 2 is 1.15 bits per heavy atom. The van der Waals surface area contributed by atoms with Crippen molar-refractivity contribution in [3.63, 3.8) is 0 Å². The summed E-state index contributed by atoms with van der Waals surface area (Å²) in [4.78, 5) is 21.5. The summed E-state index contributed by atoms with van der Waals surface area (Å²) in [6.07, 6.45) is 23.0. The Morgan fingerprint density at radius 1 is 0.735 bits per heavy atom. The van der Waals surface area contributed by atoms with Crippen LogP contribution < -0.4 is 0 Å². The molecular weight excluding hydrogens is 463 g/mol. The molecule has 2 unspecified atom stereocenters. The molecule has 0 N–H and O–H groups in total. The van der Waals surface area contributed by atoms with Gasteiger partial charge in [0.1, 0.15) is 5.78 Å². The number of rotatable bonds is 10. The minimum absolute atomic E-state index is 0.350. The van der Waals surface area contributed by atoms with E-state index in [9.17, 15) is 4.79 Å². The molecule has 2 aliphatic carbocycles. The van der Waals surface area contributed by atoms with Crippen molar-refractivity contribution in [2.45, 2.75) is 102 Å². The van der Waals surface area contributed by atoms with Crippen LogP contribution in [0.15, 0.2) is 36.9 Å². The van der Waals surface area contributed by atoms with Gasteiger partial charge in [0.05, 0.1) is 10.0 Å². The molecule has 4 rings (SSSR count). The molecule has 0 bridgehead atoms. The van der Waals surface area contributed by atoms with Gasteiger partial charge in [-0.1, -0.05) is 61.7 Å². The molecule has 2 heterocycles. The van der Waals surface area contributed by atoms with Crippen LogP contribution in [0.25, 0.3) is 0 Å². The molecule has 2 fully saturated rings. The second kappa shape index (κ2) is 13.0. The first-order chi connectivity index (χ1) is 16.6. The SMILES string of the molecule is O=C(CCC(c1ccncc1Cl)C1CCCCC1)CCC(c1ccncc1Cl)C1CCCCC1. The molecule has 2 aromatic rings. The van der Waals surface area contributed by atoms with E-state index in [-0.39, 0.29) is 0 Å². The zero-order valence-electron chi connectivity index (χ0n) is 20.2. The van der Waals surface area contributed by atoms with Gasteiger partial charge in [0.15, 0.2) is 0 Å². The Hall–Kier alpha value is -1.45. The normalized spacial score (nSPS) is 19.6. The molecule has 0 spiro atoms. The maximum atomic E-state index is 13.2. The van der Waals surface area contributed by atoms with Gasteiger partial charge in [0, 0.05) is 37.6 Å². The number of nitrogens with zero attached hydrogens (tertiary/aromatic N) is 2. The molecular formula is C29H38Cl2N2O. The molecule has 34 heavy (non-hydrogen) atoms. The van der Waals surface area contributed by atoms with Crippen molar-refractivity contribution in [2.24, 2.45) is 11.8 Å². The first-order valence-corrected chi connectivity index (χ1v) is 14.1. The van der Waals surface area contributed by atoms with E-state index in [0.717, 1.165) is 22.9 Å². The van der Waals surface area contributed by atoms with E-state index < -0.39 is 0 Å². The average molecular weight is 502 g/mol. The highest BCUT2D eigenvalue weighted by Gasteiger charge is 2.29. The number of carbonyl (C=O) groups is 1. The van der Waals surface area contributed by atoms with E-state index in [1.807, 2.05) is 12.4 Å². The zero-order valence-corrected chi connectivity index (χ0v) is 21.7. The number of hydrogen-bond donors (Lipinski definition) is 0. The van der Waals surface area contributed by atoms with Crippen LogP contribution in [0, 0.1) is 11.8 Å². The summed E-state index contributed by atoms with van der Waals surface area (Å²) in [5.41, 5.74) is 2.36. The number of pyridine rings is 2. The number of ketones is 1. The van der Waals surface area contributed by atoms with Crippen molar-refractivity contribution in [3.8, 4) is 0 Å². The van der Waals surface area contributed by atoms with Gasteiger partial charge in [-0.3, -0.25) is 14.8 Å². The molecule has 184 valence electrons. The first-order valence-electron chi connectivity index (χ1n) is 13.3. The van der Waals surface area contributed by atoms with Gasteiger partial charge in [-0.15, -0.1) is 0 Å². The highest BCUT2D eigenvalue weighted by molar-refractivity contribution is 6.31. The van der Waals surface area contributed by atoms with Gasteiger partial charge < -0.3 is 0 Å². The quantitative estimate of drug-likeness (QED) is 0.326. The summed E-state index contributed by atoms with van der Waals surface area (Å²) in [7, 11) is 0. The third kappa shape index (κ3) is 6.82. The summed E-state index contributed by atoms with van der Waals surface area (Å²) in [6, 6.07) is 4.13. The van der Waals surface area contributed by atoms with Crippen LogP contribution in [0.2, 0.25) is 10.0 Å². The van der Waals surface area contributed by atoms with E-state index >= 15 is 0 Å². The van der Waals surface area contributed by atoms with Crippen molar-refractivity contribution in [2.75, 3.05) is 0 Å². The topological polar surface area (TPSA) is 42.9 Å². The number of halogens is 2. The van der Waals surface area contributed by atoms with Gasteiger partial charge in [-0.25, -0.2) is 0 Å². The van der Waals surface area contributed by atoms with Crippen molar-refractivity contribution < 1.29 is 4.79 Å². The lowest BCUT2D eigenvalue weighted by Gasteiger charge is -2.32. The standard InChI is InChI=1S/C29H38Cl2N2O/c30-28-19-32-17-15-26(28)24(21-7-3-1-4-8-21)13-11-23(34)12-14-25(22-9-5-2-6-10-22)27-16-18-33-20-29(27)31/h15-22,24-25H,1-14H2. The average Bonchev–Trinajstić information content (AvgIpc) is 2.87. The van der Waals surface area contributed by atoms with Gasteiger partial charge in [0.25, 0.3) is 0 Å². The highest BCUT2D eigenvalue weighted by Crippen LogP contribution is 2.43. The van der Waals surface area contributed by atoms with E-state index in [0.29, 0.717) is 42.3 Å². The molecule has 0 aromatic carbocycles. The lowest BCUT2D eigenvalue weighted by molar-refractivity contribution is -0.119. The smallest absolute Gasteiger partial charge is 0.132 e. The number of hydrogen-bond acceptors (Lipinski definition) is 3. The molecule has 0 amide bonds. The fraction of sp³-hybridized carbons (Fsp3) is 0.621. The Morgan fingerprint density at radius 3 is 1.53 bits per heavy atom. The van der Waals surface area contributed by atoms with Crippen LogP contribution in [0.5, 0.6) is 0 Å². The van der Waals surface area contributed by atoms with E-state index in [1.165, 1.54) is 75.3 Å². The number of aromatic nitrogens is 2. The minimum Gasteiger partial charge on any atom is -0.300 e. The summed E-state index contributed by atoms with van der Waals surface area (Å²) in [5, 5.41) is 1.49. The summed E-state index contributed by atoms with van der Waals surface area (Å²) in [5.74, 6) is 2.31. The molecule has 3 nitrogen and oxygen atoms in total. The Balaban J connectivity index is 1.40. The maximum Gasteiger partial charge on any atom is 0.132 e. The zero-order chi connectivity index (χ0) is 23.8. The Bertz CT molecular complexity index is 848. The molecule has 0 saturated heterocycles. The van der Waals surface area contributed by atoms with Gasteiger partial charge in [-0.05, 0) is 85.5 Å². The molecule has 2 aliphatic rings. The first kappa shape index (κ1) is 25.6. The van der Waals surface area contributed by atoms with Crippen molar-refractivity contribution in [1.29, 1.82) is 0 Å². The van der Waals surface area contributed by atoms with Crippen LogP contribution >= 0.6 is 23.2 Å². The summed E-state index contributed by atoms with van der Waals surface area (Å²) in [6.45, 7) is 0. The second-order valence-electron chi connectivity index (χ2n) is 10.4. The molecule has 5 heteroatoms. The summed E-state index contributed by atoms with van der Waals surface area (Å²) >= 11 is 13.1. The third-order valence-electron chi connectivity index (χ3n) is 8.31. The molecule has 0 radical (unpaired) electrons. The third-order valence-corrected chi connectivity index (χ3v) is 8.94. The predicted octanol–water partition coefficient (Wildman–Crippen LogP) is 8.94. The van der Waals surface area contributed by atoms with E-state index in [4.69, 9.17) is 23.2 Å². The number of Topliss-reactive ketones (excluding diaryl/α,β-unsaturated/α-hetero) is 1. The van der Waals surface area contributed by atoms with Crippen LogP contribution in [-0.4, -0.2) is 15.8 Å². The largest absolute Gasteiger partial charge is 0.300 e. The van der Waals surface area contributed by atoms with Crippen LogP contribution in [0.3, 0.4) is 0 Å². The van der Waals surface area contributed by atoms with Gasteiger partial charge in [-0.2, -0.15) is 0 Å². The van der Waals surface area contributed by atoms with Crippen molar-refractivity contribution >= 4 is 29.0 Å². The minimum atomic E-state index is 0.350. The monoisotopic (exact) mass is 500 g/mol. The van der Waals surface area contributed by atoms with E-state index in [1.54, 1.807) is 12.4 Å². The van der Waals surface area contributed by atoms with Crippen molar-refractivity contribution in [3.05, 3.63) is 58.1 Å². The Kier molecular flexibility index (Phi) is 9.82. The van der Waals surface area contributed by atoms with Gasteiger partial charge in [0.2, 0.25) is 0 Å². The van der Waals surface area contributed by atoms with Crippen LogP contribution in [0.4, 0.5) is 0 Å². The van der Waals surface area contributed by atoms with E-state index in [2.05, 4.69) is 22.1 Å². The lowest BCUT2D eigenvalue weighted by atomic mass is 9.73. The van der Waals surface area contributed by atoms with Crippen LogP contribution in [0.1, 0.15) is 113 Å². The maximum absolute atomic E-state index is 13.2. The fourth-order valence-corrected chi connectivity index (χ4v) is 7.01. The Labute approximate surface area is 215 Å². The number of carbonyl (C=O) groups excluding carboxylic acids is 1. The second-order valence-corrected chi connectivity index (χ2v) is 11.2. The van der Waals surface area contributed by atoms with Crippen molar-refractivity contribution in [1.82, 2.24) is 9.97 Å². The fourth-order valence-electron chi connectivity index (χ4n) is 6.49. The molecule has 0 aliphatic heterocycles. The molecule has 2 atom stereocenters. The highest BCUT2D eigenvalue weighted by atomic mass is 35.5. The lowest BCUT2D eigenvalue weighted by Crippen LogP contribution is -2.19.